The lowest BCUT2D eigenvalue weighted by molar-refractivity contribution is -0.289. The van der Waals surface area contributed by atoms with E-state index in [0.29, 0.717) is 5.02 Å². The highest BCUT2D eigenvalue weighted by atomic mass is 35.5. The fraction of sp³-hybridized carbons (Fsp3) is 0.471. The lowest BCUT2D eigenvalue weighted by atomic mass is 9.99. The quantitative estimate of drug-likeness (QED) is 0.532. The molecule has 1 aromatic carbocycles. The number of ether oxygens (including phenoxy) is 4. The van der Waals surface area contributed by atoms with Crippen molar-refractivity contribution in [3.63, 3.8) is 0 Å². The predicted octanol–water partition coefficient (Wildman–Crippen LogP) is 0.438. The van der Waals surface area contributed by atoms with E-state index in [0.717, 1.165) is 13.8 Å². The van der Waals surface area contributed by atoms with E-state index >= 15 is 0 Å². The number of halogens is 1. The highest BCUT2D eigenvalue weighted by Crippen LogP contribution is 2.26. The highest BCUT2D eigenvalue weighted by molar-refractivity contribution is 6.30. The van der Waals surface area contributed by atoms with E-state index in [2.05, 4.69) is 0 Å². The Morgan fingerprint density at radius 1 is 1.11 bits per heavy atom. The first-order chi connectivity index (χ1) is 12.7. The summed E-state index contributed by atoms with van der Waals surface area (Å²) in [7, 11) is 0. The van der Waals surface area contributed by atoms with Crippen LogP contribution in [0.15, 0.2) is 24.3 Å². The van der Waals surface area contributed by atoms with Crippen molar-refractivity contribution in [2.75, 3.05) is 6.61 Å². The molecule has 0 amide bonds. The van der Waals surface area contributed by atoms with Gasteiger partial charge >= 0.3 is 17.9 Å². The van der Waals surface area contributed by atoms with Gasteiger partial charge in [-0.05, 0) is 18.2 Å². The summed E-state index contributed by atoms with van der Waals surface area (Å²) in [4.78, 5) is 34.5. The lowest BCUT2D eigenvalue weighted by Crippen LogP contribution is -2.61. The average molecular weight is 403 g/mol. The molecule has 1 aliphatic heterocycles. The van der Waals surface area contributed by atoms with Crippen molar-refractivity contribution >= 4 is 29.5 Å². The van der Waals surface area contributed by atoms with Gasteiger partial charge in [-0.25, -0.2) is 4.79 Å². The van der Waals surface area contributed by atoms with E-state index in [-0.39, 0.29) is 12.2 Å². The van der Waals surface area contributed by atoms with E-state index in [1.54, 1.807) is 6.07 Å². The van der Waals surface area contributed by atoms with Gasteiger partial charge in [0.15, 0.2) is 6.10 Å². The number of benzene rings is 1. The molecule has 0 aliphatic carbocycles. The fourth-order valence-electron chi connectivity index (χ4n) is 2.46. The Hall–Kier alpha value is -2.20. The van der Waals surface area contributed by atoms with Crippen molar-refractivity contribution in [2.24, 2.45) is 0 Å². The van der Waals surface area contributed by atoms with E-state index in [1.807, 2.05) is 0 Å². The van der Waals surface area contributed by atoms with Crippen LogP contribution in [0, 0.1) is 0 Å². The molecule has 1 aromatic rings. The third kappa shape index (κ3) is 5.64. The normalized spacial score (nSPS) is 27.5. The van der Waals surface area contributed by atoms with E-state index in [4.69, 9.17) is 30.5 Å². The van der Waals surface area contributed by atoms with Crippen LogP contribution in [-0.2, 0) is 28.5 Å². The summed E-state index contributed by atoms with van der Waals surface area (Å²) < 4.78 is 20.3. The molecule has 27 heavy (non-hydrogen) atoms. The van der Waals surface area contributed by atoms with E-state index in [9.17, 15) is 24.6 Å². The van der Waals surface area contributed by atoms with Crippen LogP contribution in [0.4, 0.5) is 0 Å². The monoisotopic (exact) mass is 402 g/mol. The van der Waals surface area contributed by atoms with Crippen LogP contribution in [-0.4, -0.2) is 65.4 Å². The first-order valence-corrected chi connectivity index (χ1v) is 8.35. The van der Waals surface area contributed by atoms with Crippen LogP contribution in [0.2, 0.25) is 5.02 Å². The molecule has 5 atom stereocenters. The second-order valence-corrected chi connectivity index (χ2v) is 6.25. The summed E-state index contributed by atoms with van der Waals surface area (Å²) in [5.41, 5.74) is 0.103. The molecule has 0 unspecified atom stereocenters. The Labute approximate surface area is 159 Å². The van der Waals surface area contributed by atoms with Crippen LogP contribution in [0.25, 0.3) is 0 Å². The van der Waals surface area contributed by atoms with Crippen molar-refractivity contribution in [3.05, 3.63) is 34.9 Å². The smallest absolute Gasteiger partial charge is 0.340 e. The zero-order valence-corrected chi connectivity index (χ0v) is 15.3. The summed E-state index contributed by atoms with van der Waals surface area (Å²) >= 11 is 5.82. The second-order valence-electron chi connectivity index (χ2n) is 5.82. The minimum absolute atomic E-state index is 0.103. The first kappa shape index (κ1) is 21.1. The van der Waals surface area contributed by atoms with Gasteiger partial charge in [-0.2, -0.15) is 0 Å². The van der Waals surface area contributed by atoms with Gasteiger partial charge in [0.25, 0.3) is 0 Å². The molecule has 0 spiro atoms. The molecule has 2 N–H and O–H groups in total. The summed E-state index contributed by atoms with van der Waals surface area (Å²) in [6.07, 6.45) is -7.41. The van der Waals surface area contributed by atoms with Crippen molar-refractivity contribution < 1.29 is 43.5 Å². The molecule has 0 aromatic heterocycles. The SMILES string of the molecule is CC(=O)OC[C@H]1O[C@H](OC(=O)c2cccc(Cl)c2)[C@@H](O)[C@@H](O)[C@@H]1OC(C)=O. The summed E-state index contributed by atoms with van der Waals surface area (Å²) in [5, 5.41) is 20.8. The van der Waals surface area contributed by atoms with Crippen molar-refractivity contribution in [3.8, 4) is 0 Å². The van der Waals surface area contributed by atoms with Crippen LogP contribution in [0.5, 0.6) is 0 Å². The molecule has 1 aliphatic rings. The van der Waals surface area contributed by atoms with E-state index < -0.39 is 48.6 Å². The number of carbonyl (C=O) groups is 3. The largest absolute Gasteiger partial charge is 0.463 e. The van der Waals surface area contributed by atoms with Gasteiger partial charge in [0.2, 0.25) is 6.29 Å². The number of aliphatic hydroxyl groups excluding tert-OH is 2. The standard InChI is InChI=1S/C17H19ClO9/c1-8(19)24-7-12-15(25-9(2)20)13(21)14(22)17(26-12)27-16(23)10-4-3-5-11(18)6-10/h3-6,12-15,17,21-22H,7H2,1-2H3/t12-,13-,14+,15-,17-/m1/s1. The Balaban J connectivity index is 2.15. The number of carbonyl (C=O) groups excluding carboxylic acids is 3. The Bertz CT molecular complexity index is 707. The number of hydrogen-bond acceptors (Lipinski definition) is 9. The molecule has 0 radical (unpaired) electrons. The predicted molar refractivity (Wildman–Crippen MR) is 89.7 cm³/mol. The molecular weight excluding hydrogens is 384 g/mol. The fourth-order valence-corrected chi connectivity index (χ4v) is 2.65. The molecule has 0 bridgehead atoms. The van der Waals surface area contributed by atoms with Gasteiger partial charge < -0.3 is 29.2 Å². The molecule has 9 nitrogen and oxygen atoms in total. The Kier molecular flexibility index (Phi) is 7.14. The topological polar surface area (TPSA) is 129 Å². The molecule has 1 fully saturated rings. The third-order valence-corrected chi connectivity index (χ3v) is 3.91. The molecule has 2 rings (SSSR count). The molecule has 10 heteroatoms. The first-order valence-electron chi connectivity index (χ1n) is 7.97. The van der Waals surface area contributed by atoms with E-state index in [1.165, 1.54) is 18.2 Å². The number of hydrogen-bond donors (Lipinski definition) is 2. The maximum absolute atomic E-state index is 12.2. The maximum Gasteiger partial charge on any atom is 0.340 e. The van der Waals surface area contributed by atoms with Crippen molar-refractivity contribution in [2.45, 2.75) is 44.6 Å². The average Bonchev–Trinajstić information content (AvgIpc) is 2.59. The van der Waals surface area contributed by atoms with Gasteiger partial charge in [-0.3, -0.25) is 9.59 Å². The number of aliphatic hydroxyl groups is 2. The van der Waals surface area contributed by atoms with Crippen LogP contribution in [0.3, 0.4) is 0 Å². The maximum atomic E-state index is 12.2. The molecular formula is C17H19ClO9. The Morgan fingerprint density at radius 2 is 1.81 bits per heavy atom. The van der Waals surface area contributed by atoms with Crippen LogP contribution < -0.4 is 0 Å². The van der Waals surface area contributed by atoms with Crippen LogP contribution >= 0.6 is 11.6 Å². The second kappa shape index (κ2) is 9.14. The molecule has 1 saturated heterocycles. The van der Waals surface area contributed by atoms with Gasteiger partial charge in [-0.15, -0.1) is 0 Å². The molecule has 1 heterocycles. The van der Waals surface area contributed by atoms with Gasteiger partial charge in [0.05, 0.1) is 5.56 Å². The zero-order valence-electron chi connectivity index (χ0n) is 14.5. The highest BCUT2D eigenvalue weighted by Gasteiger charge is 2.48. The van der Waals surface area contributed by atoms with Crippen molar-refractivity contribution in [1.82, 2.24) is 0 Å². The third-order valence-electron chi connectivity index (χ3n) is 3.68. The summed E-state index contributed by atoms with van der Waals surface area (Å²) in [6.45, 7) is 1.88. The molecule has 0 saturated carbocycles. The lowest BCUT2D eigenvalue weighted by Gasteiger charge is -2.41. The van der Waals surface area contributed by atoms with Gasteiger partial charge in [0, 0.05) is 18.9 Å². The van der Waals surface area contributed by atoms with Gasteiger partial charge in [0.1, 0.15) is 24.9 Å². The number of rotatable bonds is 5. The minimum atomic E-state index is -1.70. The molecule has 148 valence electrons. The Morgan fingerprint density at radius 3 is 2.41 bits per heavy atom. The van der Waals surface area contributed by atoms with Crippen molar-refractivity contribution in [1.29, 1.82) is 0 Å². The minimum Gasteiger partial charge on any atom is -0.463 e. The van der Waals surface area contributed by atoms with Gasteiger partial charge in [-0.1, -0.05) is 17.7 Å². The number of esters is 3. The van der Waals surface area contributed by atoms with Crippen LogP contribution in [0.1, 0.15) is 24.2 Å². The summed E-state index contributed by atoms with van der Waals surface area (Å²) in [6, 6.07) is 5.89. The zero-order chi connectivity index (χ0) is 20.1. The summed E-state index contributed by atoms with van der Waals surface area (Å²) in [5.74, 6) is -2.23.